The van der Waals surface area contributed by atoms with Crippen LogP contribution in [0.3, 0.4) is 0 Å². The maximum atomic E-state index is 11.9. The molecular weight excluding hydrogens is 244 g/mol. The topological polar surface area (TPSA) is 42.0 Å². The number of benzene rings is 1. The van der Waals surface area contributed by atoms with E-state index in [2.05, 4.69) is 22.9 Å². The molecule has 1 heterocycles. The van der Waals surface area contributed by atoms with E-state index in [0.29, 0.717) is 12.1 Å². The van der Waals surface area contributed by atoms with Crippen LogP contribution in [-0.2, 0) is 6.54 Å². The van der Waals surface area contributed by atoms with Crippen molar-refractivity contribution in [2.75, 3.05) is 0 Å². The first-order valence-electron chi connectivity index (χ1n) is 5.63. The molecule has 0 atom stereocenters. The molecule has 0 radical (unpaired) electrons. The van der Waals surface area contributed by atoms with Crippen LogP contribution in [0.1, 0.15) is 21.5 Å². The second-order valence-electron chi connectivity index (χ2n) is 4.03. The number of hydrogen-bond donors (Lipinski definition) is 2. The van der Waals surface area contributed by atoms with Crippen molar-refractivity contribution in [3.05, 3.63) is 59.4 Å². The smallest absolute Gasteiger partial charge is 0.251 e. The summed E-state index contributed by atoms with van der Waals surface area (Å²) in [5.41, 5.74) is 2.78. The van der Waals surface area contributed by atoms with E-state index in [4.69, 9.17) is 0 Å². The number of carbonyl (C=O) groups excluding carboxylic acids is 1. The van der Waals surface area contributed by atoms with Crippen molar-refractivity contribution in [1.29, 1.82) is 0 Å². The Morgan fingerprint density at radius 2 is 2.00 bits per heavy atom. The monoisotopic (exact) mass is 258 g/mol. The number of nitrogens with zero attached hydrogens (tertiary/aromatic N) is 1. The normalized spacial score (nSPS) is 10.1. The van der Waals surface area contributed by atoms with Crippen LogP contribution in [0.2, 0.25) is 0 Å². The Hall–Kier alpha value is -1.81. The number of rotatable bonds is 3. The molecule has 2 aromatic rings. The molecule has 0 saturated carbocycles. The predicted molar refractivity (Wildman–Crippen MR) is 73.8 cm³/mol. The van der Waals surface area contributed by atoms with Crippen molar-refractivity contribution in [2.24, 2.45) is 0 Å². The molecule has 1 aromatic carbocycles. The molecule has 0 aliphatic rings. The SMILES string of the molecule is Cc1ccncc1CNC(=O)c1ccc(S)cc1. The molecule has 0 bridgehead atoms. The van der Waals surface area contributed by atoms with E-state index < -0.39 is 0 Å². The van der Waals surface area contributed by atoms with Crippen LogP contribution in [0.5, 0.6) is 0 Å². The molecular formula is C14H14N2OS. The summed E-state index contributed by atoms with van der Waals surface area (Å²) in [4.78, 5) is 16.8. The molecule has 4 heteroatoms. The summed E-state index contributed by atoms with van der Waals surface area (Å²) >= 11 is 4.18. The minimum atomic E-state index is -0.0911. The molecule has 18 heavy (non-hydrogen) atoms. The van der Waals surface area contributed by atoms with E-state index in [9.17, 15) is 4.79 Å². The number of aromatic nitrogens is 1. The number of pyridine rings is 1. The molecule has 0 spiro atoms. The second kappa shape index (κ2) is 5.69. The first-order chi connectivity index (χ1) is 8.66. The van der Waals surface area contributed by atoms with E-state index in [1.54, 1.807) is 36.7 Å². The van der Waals surface area contributed by atoms with E-state index >= 15 is 0 Å². The maximum Gasteiger partial charge on any atom is 0.251 e. The molecule has 92 valence electrons. The van der Waals surface area contributed by atoms with Crippen LogP contribution in [-0.4, -0.2) is 10.9 Å². The van der Waals surface area contributed by atoms with Crippen molar-refractivity contribution in [2.45, 2.75) is 18.4 Å². The Balaban J connectivity index is 2.01. The van der Waals surface area contributed by atoms with Crippen LogP contribution < -0.4 is 5.32 Å². The Morgan fingerprint density at radius 1 is 1.28 bits per heavy atom. The van der Waals surface area contributed by atoms with Gasteiger partial charge in [0.2, 0.25) is 0 Å². The van der Waals surface area contributed by atoms with Crippen LogP contribution in [0.15, 0.2) is 47.6 Å². The lowest BCUT2D eigenvalue weighted by Gasteiger charge is -2.07. The van der Waals surface area contributed by atoms with Crippen molar-refractivity contribution < 1.29 is 4.79 Å². The zero-order valence-corrected chi connectivity index (χ0v) is 10.9. The van der Waals surface area contributed by atoms with E-state index in [0.717, 1.165) is 16.0 Å². The van der Waals surface area contributed by atoms with Crippen molar-refractivity contribution in [3.8, 4) is 0 Å². The van der Waals surface area contributed by atoms with Crippen LogP contribution in [0.25, 0.3) is 0 Å². The summed E-state index contributed by atoms with van der Waals surface area (Å²) in [7, 11) is 0. The molecule has 0 unspecified atom stereocenters. The van der Waals surface area contributed by atoms with E-state index in [1.807, 2.05) is 13.0 Å². The molecule has 0 aliphatic carbocycles. The predicted octanol–water partition coefficient (Wildman–Crippen LogP) is 2.61. The highest BCUT2D eigenvalue weighted by atomic mass is 32.1. The van der Waals surface area contributed by atoms with Gasteiger partial charge in [-0.2, -0.15) is 0 Å². The van der Waals surface area contributed by atoms with Gasteiger partial charge >= 0.3 is 0 Å². The molecule has 3 nitrogen and oxygen atoms in total. The van der Waals surface area contributed by atoms with Gasteiger partial charge in [-0.3, -0.25) is 9.78 Å². The summed E-state index contributed by atoms with van der Waals surface area (Å²) < 4.78 is 0. The third-order valence-electron chi connectivity index (χ3n) is 2.72. The van der Waals surface area contributed by atoms with Gasteiger partial charge in [0.15, 0.2) is 0 Å². The molecule has 0 aliphatic heterocycles. The lowest BCUT2D eigenvalue weighted by Crippen LogP contribution is -2.23. The van der Waals surface area contributed by atoms with Gasteiger partial charge in [-0.05, 0) is 48.4 Å². The van der Waals surface area contributed by atoms with Gasteiger partial charge in [0.1, 0.15) is 0 Å². The molecule has 0 fully saturated rings. The van der Waals surface area contributed by atoms with Gasteiger partial charge < -0.3 is 5.32 Å². The fourth-order valence-corrected chi connectivity index (χ4v) is 1.72. The summed E-state index contributed by atoms with van der Waals surface area (Å²) in [5.74, 6) is -0.0911. The number of nitrogens with one attached hydrogen (secondary N) is 1. The Bertz CT molecular complexity index is 552. The first kappa shape index (κ1) is 12.6. The minimum absolute atomic E-state index is 0.0911. The minimum Gasteiger partial charge on any atom is -0.348 e. The number of carbonyl (C=O) groups is 1. The van der Waals surface area contributed by atoms with Crippen LogP contribution >= 0.6 is 12.6 Å². The maximum absolute atomic E-state index is 11.9. The molecule has 1 N–H and O–H groups in total. The number of thiol groups is 1. The van der Waals surface area contributed by atoms with Crippen molar-refractivity contribution in [1.82, 2.24) is 10.3 Å². The lowest BCUT2D eigenvalue weighted by atomic mass is 10.1. The van der Waals surface area contributed by atoms with Gasteiger partial charge in [0.05, 0.1) is 0 Å². The average Bonchev–Trinajstić information content (AvgIpc) is 2.38. The van der Waals surface area contributed by atoms with Gasteiger partial charge in [-0.1, -0.05) is 0 Å². The summed E-state index contributed by atoms with van der Waals surface area (Å²) in [5, 5.41) is 2.87. The van der Waals surface area contributed by atoms with Gasteiger partial charge in [0, 0.05) is 29.4 Å². The summed E-state index contributed by atoms with van der Waals surface area (Å²) in [6.07, 6.45) is 3.51. The fraction of sp³-hybridized carbons (Fsp3) is 0.143. The highest BCUT2D eigenvalue weighted by Gasteiger charge is 2.05. The summed E-state index contributed by atoms with van der Waals surface area (Å²) in [6.45, 7) is 2.49. The van der Waals surface area contributed by atoms with Gasteiger partial charge in [-0.15, -0.1) is 12.6 Å². The van der Waals surface area contributed by atoms with E-state index in [-0.39, 0.29) is 5.91 Å². The van der Waals surface area contributed by atoms with Crippen LogP contribution in [0, 0.1) is 6.92 Å². The molecule has 1 amide bonds. The number of aryl methyl sites for hydroxylation is 1. The second-order valence-corrected chi connectivity index (χ2v) is 4.55. The Morgan fingerprint density at radius 3 is 2.67 bits per heavy atom. The largest absolute Gasteiger partial charge is 0.348 e. The highest BCUT2D eigenvalue weighted by Crippen LogP contribution is 2.08. The zero-order valence-electron chi connectivity index (χ0n) is 10.1. The highest BCUT2D eigenvalue weighted by molar-refractivity contribution is 7.80. The fourth-order valence-electron chi connectivity index (χ4n) is 1.57. The Kier molecular flexibility index (Phi) is 3.99. The number of amides is 1. The Labute approximate surface area is 112 Å². The molecule has 2 rings (SSSR count). The van der Waals surface area contributed by atoms with Crippen molar-refractivity contribution in [3.63, 3.8) is 0 Å². The van der Waals surface area contributed by atoms with Gasteiger partial charge in [-0.25, -0.2) is 0 Å². The zero-order chi connectivity index (χ0) is 13.0. The van der Waals surface area contributed by atoms with Crippen molar-refractivity contribution >= 4 is 18.5 Å². The van der Waals surface area contributed by atoms with Crippen LogP contribution in [0.4, 0.5) is 0 Å². The lowest BCUT2D eigenvalue weighted by molar-refractivity contribution is 0.0951. The standard InChI is InChI=1S/C14H14N2OS/c1-10-6-7-15-8-12(10)9-16-14(17)11-2-4-13(18)5-3-11/h2-8,18H,9H2,1H3,(H,16,17). The first-order valence-corrected chi connectivity index (χ1v) is 6.08. The molecule has 1 aromatic heterocycles. The third-order valence-corrected chi connectivity index (χ3v) is 3.01. The quantitative estimate of drug-likeness (QED) is 0.831. The number of hydrogen-bond acceptors (Lipinski definition) is 3. The molecule has 0 saturated heterocycles. The van der Waals surface area contributed by atoms with Gasteiger partial charge in [0.25, 0.3) is 5.91 Å². The third kappa shape index (κ3) is 3.11. The summed E-state index contributed by atoms with van der Waals surface area (Å²) in [6, 6.07) is 9.04. The average molecular weight is 258 g/mol. The van der Waals surface area contributed by atoms with E-state index in [1.165, 1.54) is 0 Å².